The number of carbonyl (C=O) groups excluding carboxylic acids is 3. The summed E-state index contributed by atoms with van der Waals surface area (Å²) in [5.74, 6) is -0.167. The van der Waals surface area contributed by atoms with E-state index in [1.165, 1.54) is 28.0 Å². The number of β-lactam (4-membered cyclic amide) rings is 1. The fourth-order valence-corrected chi connectivity index (χ4v) is 5.72. The first-order chi connectivity index (χ1) is 13.0. The molecule has 3 N–H and O–H groups in total. The molecule has 0 spiro atoms. The van der Waals surface area contributed by atoms with Gasteiger partial charge in [0.05, 0.1) is 23.2 Å². The summed E-state index contributed by atoms with van der Waals surface area (Å²) >= 11 is 7.80. The number of nitrogens with one attached hydrogen (secondary N) is 1. The molecule has 140 valence electrons. The SMILES string of the molecule is Nc1nc(CC(=O)N[C@@H]2C(=O)N3C(C(=O)S)=C(c4cnns4)CS[C@H]23)cs1. The van der Waals surface area contributed by atoms with Gasteiger partial charge in [-0.2, -0.15) is 0 Å². The number of thioether (sulfide) groups is 1. The highest BCUT2D eigenvalue weighted by molar-refractivity contribution is 8.00. The number of carbonyl (C=O) groups is 3. The zero-order valence-electron chi connectivity index (χ0n) is 13.5. The van der Waals surface area contributed by atoms with E-state index in [1.807, 2.05) is 0 Å². The molecule has 2 amide bonds. The molecule has 0 aromatic carbocycles. The van der Waals surface area contributed by atoms with Crippen molar-refractivity contribution in [2.75, 3.05) is 11.5 Å². The van der Waals surface area contributed by atoms with Crippen LogP contribution in [-0.2, 0) is 20.8 Å². The summed E-state index contributed by atoms with van der Waals surface area (Å²) in [5.41, 5.74) is 7.03. The van der Waals surface area contributed by atoms with Crippen LogP contribution in [0.2, 0.25) is 0 Å². The second kappa shape index (κ2) is 7.22. The first kappa shape index (κ1) is 18.4. The van der Waals surface area contributed by atoms with Crippen LogP contribution in [0, 0.1) is 0 Å². The first-order valence-corrected chi connectivity index (χ1v) is 10.8. The van der Waals surface area contributed by atoms with Crippen molar-refractivity contribution in [1.82, 2.24) is 24.8 Å². The normalized spacial score (nSPS) is 21.7. The van der Waals surface area contributed by atoms with Crippen molar-refractivity contribution in [3.05, 3.63) is 27.8 Å². The number of nitrogens with two attached hydrogens (primary N) is 1. The number of anilines is 1. The summed E-state index contributed by atoms with van der Waals surface area (Å²) in [6.07, 6.45) is 1.60. The monoisotopic (exact) mass is 440 g/mol. The van der Waals surface area contributed by atoms with Crippen LogP contribution in [-0.4, -0.2) is 53.6 Å². The number of hydrogen-bond acceptors (Lipinski definition) is 10. The number of thiol groups is 1. The fourth-order valence-electron chi connectivity index (χ4n) is 2.90. The molecule has 1 fully saturated rings. The Morgan fingerprint density at radius 3 is 2.89 bits per heavy atom. The van der Waals surface area contributed by atoms with Crippen LogP contribution in [0.3, 0.4) is 0 Å². The topological polar surface area (TPSA) is 131 Å². The van der Waals surface area contributed by atoms with Gasteiger partial charge in [0.25, 0.3) is 5.91 Å². The van der Waals surface area contributed by atoms with E-state index < -0.39 is 11.2 Å². The number of rotatable bonds is 5. The van der Waals surface area contributed by atoms with E-state index in [0.29, 0.717) is 22.2 Å². The van der Waals surface area contributed by atoms with E-state index in [2.05, 4.69) is 32.5 Å². The quantitative estimate of drug-likeness (QED) is 0.449. The lowest BCUT2D eigenvalue weighted by Gasteiger charge is -2.49. The summed E-state index contributed by atoms with van der Waals surface area (Å²) in [7, 11) is 0. The van der Waals surface area contributed by atoms with Crippen LogP contribution in [0.1, 0.15) is 10.6 Å². The Labute approximate surface area is 171 Å². The number of aromatic nitrogens is 3. The predicted molar refractivity (Wildman–Crippen MR) is 106 cm³/mol. The molecule has 0 aliphatic carbocycles. The van der Waals surface area contributed by atoms with Gasteiger partial charge in [-0.3, -0.25) is 19.3 Å². The van der Waals surface area contributed by atoms with Gasteiger partial charge >= 0.3 is 0 Å². The van der Waals surface area contributed by atoms with E-state index in [-0.39, 0.29) is 29.3 Å². The van der Waals surface area contributed by atoms with E-state index in [0.717, 1.165) is 16.4 Å². The molecule has 2 atom stereocenters. The van der Waals surface area contributed by atoms with Gasteiger partial charge in [-0.1, -0.05) is 17.1 Å². The Kier molecular flexibility index (Phi) is 4.92. The summed E-state index contributed by atoms with van der Waals surface area (Å²) < 4.78 is 3.81. The van der Waals surface area contributed by atoms with Crippen molar-refractivity contribution in [3.63, 3.8) is 0 Å². The molecule has 13 heteroatoms. The van der Waals surface area contributed by atoms with Crippen molar-refractivity contribution in [3.8, 4) is 0 Å². The zero-order valence-corrected chi connectivity index (χ0v) is 16.8. The van der Waals surface area contributed by atoms with Gasteiger partial charge in [0, 0.05) is 16.7 Å². The molecule has 0 bridgehead atoms. The average Bonchev–Trinajstić information content (AvgIpc) is 3.30. The smallest absolute Gasteiger partial charge is 0.253 e. The number of nitrogen functional groups attached to an aromatic ring is 1. The number of nitrogens with zero attached hydrogens (tertiary/aromatic N) is 4. The first-order valence-electron chi connectivity index (χ1n) is 7.64. The molecule has 4 rings (SSSR count). The Morgan fingerprint density at radius 1 is 1.44 bits per heavy atom. The number of thiazole rings is 1. The predicted octanol–water partition coefficient (Wildman–Crippen LogP) is 0.387. The Morgan fingerprint density at radius 2 is 2.26 bits per heavy atom. The lowest BCUT2D eigenvalue weighted by atomic mass is 10.0. The second-order valence-corrected chi connectivity index (χ2v) is 8.91. The van der Waals surface area contributed by atoms with Crippen molar-refractivity contribution < 1.29 is 14.4 Å². The third kappa shape index (κ3) is 3.35. The van der Waals surface area contributed by atoms with Gasteiger partial charge in [-0.05, 0) is 11.5 Å². The van der Waals surface area contributed by atoms with Gasteiger partial charge in [-0.25, -0.2) is 4.98 Å². The minimum atomic E-state index is -0.692. The molecule has 0 radical (unpaired) electrons. The maximum Gasteiger partial charge on any atom is 0.253 e. The lowest BCUT2D eigenvalue weighted by molar-refractivity contribution is -0.146. The van der Waals surface area contributed by atoms with E-state index >= 15 is 0 Å². The highest BCUT2D eigenvalue weighted by Crippen LogP contribution is 2.44. The fraction of sp³-hybridized carbons (Fsp3) is 0.286. The van der Waals surface area contributed by atoms with Crippen molar-refractivity contribution >= 4 is 74.9 Å². The highest BCUT2D eigenvalue weighted by Gasteiger charge is 2.53. The van der Waals surface area contributed by atoms with E-state index in [9.17, 15) is 14.4 Å². The summed E-state index contributed by atoms with van der Waals surface area (Å²) in [6.45, 7) is 0. The lowest BCUT2D eigenvalue weighted by Crippen LogP contribution is -2.70. The van der Waals surface area contributed by atoms with Crippen molar-refractivity contribution in [1.29, 1.82) is 0 Å². The van der Waals surface area contributed by atoms with E-state index in [1.54, 1.807) is 11.6 Å². The van der Waals surface area contributed by atoms with Crippen molar-refractivity contribution in [2.45, 2.75) is 17.8 Å². The molecule has 27 heavy (non-hydrogen) atoms. The average molecular weight is 441 g/mol. The molecule has 0 saturated carbocycles. The Bertz CT molecular complexity index is 956. The summed E-state index contributed by atoms with van der Waals surface area (Å²) in [4.78, 5) is 43.1. The van der Waals surface area contributed by atoms with Crippen LogP contribution in [0.15, 0.2) is 17.3 Å². The molecular weight excluding hydrogens is 428 g/mol. The second-order valence-electron chi connectivity index (χ2n) is 5.72. The highest BCUT2D eigenvalue weighted by atomic mass is 32.2. The van der Waals surface area contributed by atoms with Crippen molar-refractivity contribution in [2.24, 2.45) is 0 Å². The standard InChI is InChI=1S/C14H12N6O3S4/c15-14-17-5(3-26-14)1-8(21)18-9-11(22)20-10(13(23)24)6(4-25-12(9)20)7-2-16-19-27-7/h2-3,9,12H,1,4H2,(H2,15,17)(H,18,21)(H,23,24)/t9-,12-/m1/s1. The van der Waals surface area contributed by atoms with Crippen LogP contribution in [0.4, 0.5) is 5.13 Å². The molecule has 2 aromatic heterocycles. The Hall–Kier alpha value is -1.96. The molecule has 9 nitrogen and oxygen atoms in total. The van der Waals surface area contributed by atoms with Crippen LogP contribution >= 0.6 is 47.3 Å². The number of amides is 2. The zero-order chi connectivity index (χ0) is 19.1. The van der Waals surface area contributed by atoms with Crippen LogP contribution in [0.5, 0.6) is 0 Å². The maximum atomic E-state index is 12.6. The van der Waals surface area contributed by atoms with E-state index in [4.69, 9.17) is 5.73 Å². The van der Waals surface area contributed by atoms with Gasteiger partial charge in [0.15, 0.2) is 5.13 Å². The third-order valence-electron chi connectivity index (χ3n) is 4.06. The molecular formula is C14H12N6O3S4. The van der Waals surface area contributed by atoms with Gasteiger partial charge < -0.3 is 11.1 Å². The van der Waals surface area contributed by atoms with Crippen LogP contribution in [0.25, 0.3) is 5.57 Å². The number of hydrogen-bond donors (Lipinski definition) is 3. The maximum absolute atomic E-state index is 12.6. The summed E-state index contributed by atoms with van der Waals surface area (Å²) in [5, 5.41) is 7.75. The largest absolute Gasteiger partial charge is 0.375 e. The molecule has 2 aliphatic rings. The van der Waals surface area contributed by atoms with Gasteiger partial charge in [0.2, 0.25) is 11.0 Å². The van der Waals surface area contributed by atoms with Gasteiger partial charge in [0.1, 0.15) is 17.1 Å². The third-order valence-corrected chi connectivity index (χ3v) is 7.00. The minimum absolute atomic E-state index is 0.0425. The minimum Gasteiger partial charge on any atom is -0.375 e. The molecule has 2 aliphatic heterocycles. The Balaban J connectivity index is 1.51. The molecule has 2 aromatic rings. The molecule has 1 saturated heterocycles. The molecule has 0 unspecified atom stereocenters. The molecule has 4 heterocycles. The van der Waals surface area contributed by atoms with Gasteiger partial charge in [-0.15, -0.1) is 28.2 Å². The summed E-state index contributed by atoms with van der Waals surface area (Å²) in [6, 6.07) is -0.692. The van der Waals surface area contributed by atoms with Crippen LogP contribution < -0.4 is 11.1 Å². The number of fused-ring (bicyclic) bond motifs is 1.